The molecule has 0 aromatic carbocycles. The molecule has 0 aliphatic carbocycles. The van der Waals surface area contributed by atoms with Gasteiger partial charge in [0.25, 0.3) is 0 Å². The zero-order chi connectivity index (χ0) is 9.68. The molecule has 2 N–H and O–H groups in total. The topological polar surface area (TPSA) is 26.0 Å². The second-order valence-corrected chi connectivity index (χ2v) is 5.93. The van der Waals surface area contributed by atoms with Gasteiger partial charge in [0.2, 0.25) is 0 Å². The van der Waals surface area contributed by atoms with Gasteiger partial charge in [-0.2, -0.15) is 11.8 Å². The van der Waals surface area contributed by atoms with Gasteiger partial charge in [-0.25, -0.2) is 0 Å². The van der Waals surface area contributed by atoms with E-state index in [2.05, 4.69) is 6.07 Å². The predicted octanol–water partition coefficient (Wildman–Crippen LogP) is 3.37. The number of thiophene rings is 1. The van der Waals surface area contributed by atoms with Crippen LogP contribution < -0.4 is 5.73 Å². The molecule has 0 bridgehead atoms. The number of hydrogen-bond donors (Lipinski definition) is 1. The van der Waals surface area contributed by atoms with Crippen molar-refractivity contribution in [2.24, 2.45) is 5.73 Å². The van der Waals surface area contributed by atoms with E-state index in [9.17, 15) is 0 Å². The highest BCUT2D eigenvalue weighted by Crippen LogP contribution is 2.25. The minimum absolute atomic E-state index is 0.319. The van der Waals surface area contributed by atoms with Crippen molar-refractivity contribution in [2.45, 2.75) is 25.1 Å². The summed E-state index contributed by atoms with van der Waals surface area (Å²) in [6.45, 7) is 2.04. The van der Waals surface area contributed by atoms with Gasteiger partial charge in [-0.15, -0.1) is 11.3 Å². The fraction of sp³-hybridized carbons (Fsp3) is 0.556. The molecule has 0 fully saturated rings. The average Bonchev–Trinajstić information content (AvgIpc) is 2.45. The molecule has 1 aromatic rings. The Morgan fingerprint density at radius 2 is 2.38 bits per heavy atom. The van der Waals surface area contributed by atoms with E-state index < -0.39 is 0 Å². The van der Waals surface area contributed by atoms with Crippen LogP contribution in [0.1, 0.15) is 18.2 Å². The fourth-order valence-electron chi connectivity index (χ4n) is 0.871. The van der Waals surface area contributed by atoms with E-state index in [1.807, 2.05) is 24.8 Å². The molecule has 1 unspecified atom stereocenters. The predicted molar refractivity (Wildman–Crippen MR) is 63.8 cm³/mol. The zero-order valence-electron chi connectivity index (χ0n) is 7.63. The highest BCUT2D eigenvalue weighted by molar-refractivity contribution is 7.98. The molecular weight excluding hydrogens is 222 g/mol. The van der Waals surface area contributed by atoms with Crippen LogP contribution in [0.4, 0.5) is 0 Å². The number of halogens is 1. The van der Waals surface area contributed by atoms with Gasteiger partial charge in [-0.3, -0.25) is 0 Å². The van der Waals surface area contributed by atoms with E-state index in [-0.39, 0.29) is 0 Å². The second-order valence-electron chi connectivity index (χ2n) is 3.02. The van der Waals surface area contributed by atoms with Gasteiger partial charge >= 0.3 is 0 Å². The van der Waals surface area contributed by atoms with Gasteiger partial charge in [0, 0.05) is 16.7 Å². The largest absolute Gasteiger partial charge is 0.328 e. The van der Waals surface area contributed by atoms with Gasteiger partial charge < -0.3 is 5.73 Å². The monoisotopic (exact) mass is 235 g/mol. The van der Waals surface area contributed by atoms with Gasteiger partial charge in [0.15, 0.2) is 0 Å². The molecule has 0 saturated heterocycles. The first-order valence-electron chi connectivity index (χ1n) is 4.26. The Labute approximate surface area is 92.7 Å². The van der Waals surface area contributed by atoms with Crippen molar-refractivity contribution in [3.8, 4) is 0 Å². The second kappa shape index (κ2) is 5.91. The highest BCUT2D eigenvalue weighted by atomic mass is 35.5. The van der Waals surface area contributed by atoms with Gasteiger partial charge in [-0.05, 0) is 31.2 Å². The van der Waals surface area contributed by atoms with Crippen molar-refractivity contribution >= 4 is 34.7 Å². The maximum absolute atomic E-state index is 5.81. The molecular formula is C9H14ClNS2. The van der Waals surface area contributed by atoms with Crippen LogP contribution in [0.2, 0.25) is 4.34 Å². The standard InChI is InChI=1S/C9H14ClNS2/c1-7(11)4-5-12-6-8-2-3-9(10)13-8/h2-3,7H,4-6,11H2,1H3. The molecule has 1 nitrogen and oxygen atoms in total. The minimum Gasteiger partial charge on any atom is -0.328 e. The first-order valence-corrected chi connectivity index (χ1v) is 6.61. The van der Waals surface area contributed by atoms with Crippen LogP contribution >= 0.6 is 34.7 Å². The van der Waals surface area contributed by atoms with E-state index in [4.69, 9.17) is 17.3 Å². The van der Waals surface area contributed by atoms with Crippen molar-refractivity contribution in [2.75, 3.05) is 5.75 Å². The molecule has 1 rings (SSSR count). The summed E-state index contributed by atoms with van der Waals surface area (Å²) >= 11 is 9.39. The molecule has 0 saturated carbocycles. The average molecular weight is 236 g/mol. The molecule has 1 heterocycles. The van der Waals surface area contributed by atoms with Crippen LogP contribution in [0.15, 0.2) is 12.1 Å². The molecule has 1 atom stereocenters. The SMILES string of the molecule is CC(N)CCSCc1ccc(Cl)s1. The van der Waals surface area contributed by atoms with E-state index >= 15 is 0 Å². The van der Waals surface area contributed by atoms with Crippen molar-refractivity contribution in [1.82, 2.24) is 0 Å². The lowest BCUT2D eigenvalue weighted by molar-refractivity contribution is 0.721. The van der Waals surface area contributed by atoms with Crippen molar-refractivity contribution in [3.05, 3.63) is 21.3 Å². The molecule has 4 heteroatoms. The Kier molecular flexibility index (Phi) is 5.17. The summed E-state index contributed by atoms with van der Waals surface area (Å²) in [5, 5.41) is 0. The number of nitrogens with two attached hydrogens (primary N) is 1. The Balaban J connectivity index is 2.13. The first-order chi connectivity index (χ1) is 6.18. The fourth-order valence-corrected chi connectivity index (χ4v) is 3.22. The Morgan fingerprint density at radius 1 is 1.62 bits per heavy atom. The van der Waals surface area contributed by atoms with Crippen molar-refractivity contribution in [3.63, 3.8) is 0 Å². The summed E-state index contributed by atoms with van der Waals surface area (Å²) in [5.74, 6) is 2.19. The lowest BCUT2D eigenvalue weighted by Crippen LogP contribution is -2.15. The normalized spacial score (nSPS) is 13.2. The molecule has 74 valence electrons. The summed E-state index contributed by atoms with van der Waals surface area (Å²) in [6, 6.07) is 4.36. The third kappa shape index (κ3) is 4.91. The molecule has 0 radical (unpaired) electrons. The van der Waals surface area contributed by atoms with E-state index in [0.29, 0.717) is 6.04 Å². The summed E-state index contributed by atoms with van der Waals surface area (Å²) in [6.07, 6.45) is 1.09. The van der Waals surface area contributed by atoms with Gasteiger partial charge in [0.1, 0.15) is 0 Å². The van der Waals surface area contributed by atoms with Crippen LogP contribution in [0, 0.1) is 0 Å². The van der Waals surface area contributed by atoms with Crippen LogP contribution in [0.3, 0.4) is 0 Å². The molecule has 0 aliphatic rings. The lowest BCUT2D eigenvalue weighted by atomic mass is 10.3. The van der Waals surface area contributed by atoms with Crippen LogP contribution in [0.25, 0.3) is 0 Å². The van der Waals surface area contributed by atoms with Crippen LogP contribution in [-0.4, -0.2) is 11.8 Å². The molecule has 0 aliphatic heterocycles. The van der Waals surface area contributed by atoms with Gasteiger partial charge in [-0.1, -0.05) is 11.6 Å². The minimum atomic E-state index is 0.319. The highest BCUT2D eigenvalue weighted by Gasteiger charge is 1.99. The number of hydrogen-bond acceptors (Lipinski definition) is 3. The Morgan fingerprint density at radius 3 is 2.92 bits per heavy atom. The molecule has 0 spiro atoms. The molecule has 1 aromatic heterocycles. The first kappa shape index (κ1) is 11.4. The summed E-state index contributed by atoms with van der Waals surface area (Å²) in [4.78, 5) is 1.35. The quantitative estimate of drug-likeness (QED) is 0.792. The van der Waals surface area contributed by atoms with Crippen molar-refractivity contribution < 1.29 is 0 Å². The number of rotatable bonds is 5. The zero-order valence-corrected chi connectivity index (χ0v) is 10.0. The summed E-state index contributed by atoms with van der Waals surface area (Å²) in [5.41, 5.74) is 5.64. The Bertz CT molecular complexity index is 248. The van der Waals surface area contributed by atoms with E-state index in [1.165, 1.54) is 4.88 Å². The van der Waals surface area contributed by atoms with Gasteiger partial charge in [0.05, 0.1) is 4.34 Å². The van der Waals surface area contributed by atoms with Crippen LogP contribution in [-0.2, 0) is 5.75 Å². The van der Waals surface area contributed by atoms with E-state index in [0.717, 1.165) is 22.3 Å². The molecule has 0 amide bonds. The summed E-state index contributed by atoms with van der Waals surface area (Å²) < 4.78 is 0.878. The third-order valence-corrected chi connectivity index (χ3v) is 4.04. The van der Waals surface area contributed by atoms with Crippen molar-refractivity contribution in [1.29, 1.82) is 0 Å². The maximum atomic E-state index is 5.81. The van der Waals surface area contributed by atoms with Crippen LogP contribution in [0.5, 0.6) is 0 Å². The number of thioether (sulfide) groups is 1. The molecule has 13 heavy (non-hydrogen) atoms. The lowest BCUT2D eigenvalue weighted by Gasteiger charge is -2.02. The van der Waals surface area contributed by atoms with E-state index in [1.54, 1.807) is 11.3 Å². The summed E-state index contributed by atoms with van der Waals surface area (Å²) in [7, 11) is 0. The third-order valence-electron chi connectivity index (χ3n) is 1.59. The Hall–Kier alpha value is 0.300. The smallest absolute Gasteiger partial charge is 0.0931 e. The maximum Gasteiger partial charge on any atom is 0.0931 e.